The van der Waals surface area contributed by atoms with Crippen LogP contribution in [0.1, 0.15) is 25.3 Å². The van der Waals surface area contributed by atoms with Gasteiger partial charge in [0, 0.05) is 18.8 Å². The first-order valence-electron chi connectivity index (χ1n) is 9.05. The number of anilines is 1. The molecule has 0 spiro atoms. The van der Waals surface area contributed by atoms with Gasteiger partial charge in [-0.05, 0) is 61.2 Å². The third-order valence-electron chi connectivity index (χ3n) is 4.84. The molecular formula is C20H23FN2O3S. The summed E-state index contributed by atoms with van der Waals surface area (Å²) in [4.78, 5) is 12.6. The number of benzene rings is 2. The lowest BCUT2D eigenvalue weighted by molar-refractivity contribution is -0.120. The average molecular weight is 390 g/mol. The second-order valence-electron chi connectivity index (χ2n) is 6.70. The van der Waals surface area contributed by atoms with E-state index in [2.05, 4.69) is 12.2 Å². The van der Waals surface area contributed by atoms with Crippen LogP contribution in [0.25, 0.3) is 0 Å². The summed E-state index contributed by atoms with van der Waals surface area (Å²) in [6.07, 6.45) is 2.16. The second kappa shape index (κ2) is 8.19. The zero-order chi connectivity index (χ0) is 19.4. The first-order chi connectivity index (χ1) is 12.9. The predicted octanol–water partition coefficient (Wildman–Crippen LogP) is 3.43. The highest BCUT2D eigenvalue weighted by Crippen LogP contribution is 2.25. The molecule has 0 saturated carbocycles. The summed E-state index contributed by atoms with van der Waals surface area (Å²) < 4.78 is 39.9. The topological polar surface area (TPSA) is 66.5 Å². The zero-order valence-electron chi connectivity index (χ0n) is 15.2. The van der Waals surface area contributed by atoms with E-state index in [0.29, 0.717) is 25.1 Å². The van der Waals surface area contributed by atoms with Crippen LogP contribution >= 0.6 is 0 Å². The van der Waals surface area contributed by atoms with Crippen molar-refractivity contribution >= 4 is 21.6 Å². The summed E-state index contributed by atoms with van der Waals surface area (Å²) in [6.45, 7) is 2.54. The van der Waals surface area contributed by atoms with Gasteiger partial charge < -0.3 is 5.32 Å². The number of aryl methyl sites for hydroxylation is 1. The number of hydrogen-bond acceptors (Lipinski definition) is 3. The highest BCUT2D eigenvalue weighted by atomic mass is 32.2. The van der Waals surface area contributed by atoms with Gasteiger partial charge >= 0.3 is 0 Å². The van der Waals surface area contributed by atoms with Crippen LogP contribution in [0.2, 0.25) is 0 Å². The molecule has 2 aromatic rings. The Labute approximate surface area is 159 Å². The van der Waals surface area contributed by atoms with Crippen molar-refractivity contribution in [2.45, 2.75) is 31.1 Å². The molecule has 1 unspecified atom stereocenters. The van der Waals surface area contributed by atoms with E-state index >= 15 is 0 Å². The van der Waals surface area contributed by atoms with E-state index in [1.54, 1.807) is 0 Å². The maximum atomic E-state index is 13.1. The second-order valence-corrected chi connectivity index (χ2v) is 8.63. The van der Waals surface area contributed by atoms with Gasteiger partial charge in [-0.2, -0.15) is 4.31 Å². The van der Waals surface area contributed by atoms with Crippen LogP contribution in [0.15, 0.2) is 53.4 Å². The Balaban J connectivity index is 1.69. The SMILES string of the molecule is CCc1ccc(NC(=O)C2CCCN(S(=O)(=O)c3ccc(F)cc3)C2)cc1. The summed E-state index contributed by atoms with van der Waals surface area (Å²) in [5.74, 6) is -1.09. The summed E-state index contributed by atoms with van der Waals surface area (Å²) in [6, 6.07) is 12.4. The monoisotopic (exact) mass is 390 g/mol. The smallest absolute Gasteiger partial charge is 0.243 e. The first-order valence-corrected chi connectivity index (χ1v) is 10.5. The number of sulfonamides is 1. The van der Waals surface area contributed by atoms with Crippen LogP contribution in [0, 0.1) is 11.7 Å². The van der Waals surface area contributed by atoms with Crippen molar-refractivity contribution in [1.82, 2.24) is 4.31 Å². The van der Waals surface area contributed by atoms with Crippen molar-refractivity contribution < 1.29 is 17.6 Å². The van der Waals surface area contributed by atoms with Crippen LogP contribution in [0.5, 0.6) is 0 Å². The van der Waals surface area contributed by atoms with Gasteiger partial charge in [0.05, 0.1) is 10.8 Å². The number of piperidine rings is 1. The van der Waals surface area contributed by atoms with Crippen molar-refractivity contribution in [3.05, 3.63) is 59.9 Å². The lowest BCUT2D eigenvalue weighted by Crippen LogP contribution is -2.43. The summed E-state index contributed by atoms with van der Waals surface area (Å²) >= 11 is 0. The van der Waals surface area contributed by atoms with Gasteiger partial charge in [-0.3, -0.25) is 4.79 Å². The Bertz CT molecular complexity index is 896. The number of rotatable bonds is 5. The van der Waals surface area contributed by atoms with Gasteiger partial charge in [0.25, 0.3) is 0 Å². The van der Waals surface area contributed by atoms with Crippen molar-refractivity contribution in [1.29, 1.82) is 0 Å². The fourth-order valence-corrected chi connectivity index (χ4v) is 4.72. The van der Waals surface area contributed by atoms with E-state index in [0.717, 1.165) is 18.6 Å². The number of nitrogens with one attached hydrogen (secondary N) is 1. The highest BCUT2D eigenvalue weighted by Gasteiger charge is 2.33. The van der Waals surface area contributed by atoms with Crippen molar-refractivity contribution in [2.24, 2.45) is 5.92 Å². The molecule has 0 bridgehead atoms. The lowest BCUT2D eigenvalue weighted by atomic mass is 9.98. The molecule has 1 atom stereocenters. The van der Waals surface area contributed by atoms with Crippen LogP contribution in [-0.4, -0.2) is 31.7 Å². The quantitative estimate of drug-likeness (QED) is 0.851. The molecule has 0 aliphatic carbocycles. The Morgan fingerprint density at radius 3 is 2.44 bits per heavy atom. The zero-order valence-corrected chi connectivity index (χ0v) is 16.0. The van der Waals surface area contributed by atoms with E-state index in [1.807, 2.05) is 24.3 Å². The van der Waals surface area contributed by atoms with Gasteiger partial charge in [-0.1, -0.05) is 19.1 Å². The minimum atomic E-state index is -3.74. The molecule has 1 fully saturated rings. The van der Waals surface area contributed by atoms with Crippen LogP contribution in [-0.2, 0) is 21.2 Å². The molecule has 144 valence electrons. The van der Waals surface area contributed by atoms with Gasteiger partial charge in [0.1, 0.15) is 5.82 Å². The Morgan fingerprint density at radius 1 is 1.15 bits per heavy atom. The first kappa shape index (κ1) is 19.5. The molecule has 7 heteroatoms. The number of nitrogens with zero attached hydrogens (tertiary/aromatic N) is 1. The summed E-state index contributed by atoms with van der Waals surface area (Å²) in [7, 11) is -3.74. The Morgan fingerprint density at radius 2 is 1.81 bits per heavy atom. The van der Waals surface area contributed by atoms with E-state index in [4.69, 9.17) is 0 Å². The van der Waals surface area contributed by atoms with Gasteiger partial charge in [0.15, 0.2) is 0 Å². The minimum absolute atomic E-state index is 0.0418. The fourth-order valence-electron chi connectivity index (χ4n) is 3.20. The molecule has 1 heterocycles. The molecule has 1 aliphatic heterocycles. The van der Waals surface area contributed by atoms with Gasteiger partial charge in [-0.25, -0.2) is 12.8 Å². The molecule has 1 amide bonds. The predicted molar refractivity (Wildman–Crippen MR) is 102 cm³/mol. The van der Waals surface area contributed by atoms with E-state index in [1.165, 1.54) is 22.0 Å². The normalized spacial score (nSPS) is 18.2. The fraction of sp³-hybridized carbons (Fsp3) is 0.350. The minimum Gasteiger partial charge on any atom is -0.326 e. The van der Waals surface area contributed by atoms with Crippen molar-refractivity contribution in [3.63, 3.8) is 0 Å². The number of amides is 1. The standard InChI is InChI=1S/C20H23FN2O3S/c1-2-15-5-9-18(10-6-15)22-20(24)16-4-3-13-23(14-16)27(25,26)19-11-7-17(21)8-12-19/h5-12,16H,2-4,13-14H2,1H3,(H,22,24). The number of halogens is 1. The van der Waals surface area contributed by atoms with Crippen molar-refractivity contribution in [2.75, 3.05) is 18.4 Å². The third kappa shape index (κ3) is 4.54. The van der Waals surface area contributed by atoms with E-state index in [9.17, 15) is 17.6 Å². The molecule has 0 aromatic heterocycles. The van der Waals surface area contributed by atoms with Crippen molar-refractivity contribution in [3.8, 4) is 0 Å². The number of carbonyl (C=O) groups is 1. The summed E-state index contributed by atoms with van der Waals surface area (Å²) in [5.41, 5.74) is 1.89. The summed E-state index contributed by atoms with van der Waals surface area (Å²) in [5, 5.41) is 2.87. The molecule has 27 heavy (non-hydrogen) atoms. The lowest BCUT2D eigenvalue weighted by Gasteiger charge is -2.31. The molecule has 3 rings (SSSR count). The molecular weight excluding hydrogens is 367 g/mol. The largest absolute Gasteiger partial charge is 0.326 e. The maximum Gasteiger partial charge on any atom is 0.243 e. The molecule has 1 N–H and O–H groups in total. The molecule has 0 radical (unpaired) electrons. The number of carbonyl (C=O) groups excluding carboxylic acids is 1. The third-order valence-corrected chi connectivity index (χ3v) is 6.72. The van der Waals surface area contributed by atoms with Crippen LogP contribution < -0.4 is 5.32 Å². The van der Waals surface area contributed by atoms with Crippen LogP contribution in [0.3, 0.4) is 0 Å². The maximum absolute atomic E-state index is 13.1. The Kier molecular flexibility index (Phi) is 5.92. The van der Waals surface area contributed by atoms with Gasteiger partial charge in [-0.15, -0.1) is 0 Å². The molecule has 2 aromatic carbocycles. The van der Waals surface area contributed by atoms with Gasteiger partial charge in [0.2, 0.25) is 15.9 Å². The molecule has 5 nitrogen and oxygen atoms in total. The van der Waals surface area contributed by atoms with E-state index < -0.39 is 21.8 Å². The Hall–Kier alpha value is -2.25. The van der Waals surface area contributed by atoms with Crippen LogP contribution in [0.4, 0.5) is 10.1 Å². The molecule has 1 saturated heterocycles. The molecule has 1 aliphatic rings. The number of hydrogen-bond donors (Lipinski definition) is 1. The van der Waals surface area contributed by atoms with E-state index in [-0.39, 0.29) is 17.3 Å². The average Bonchev–Trinajstić information content (AvgIpc) is 2.69. The highest BCUT2D eigenvalue weighted by molar-refractivity contribution is 7.89.